The smallest absolute Gasteiger partial charge is 0.255 e. The summed E-state index contributed by atoms with van der Waals surface area (Å²) >= 11 is 2.19. The fraction of sp³-hybridized carbons (Fsp3) is 0.278. The summed E-state index contributed by atoms with van der Waals surface area (Å²) in [5.41, 5.74) is 2.26. The van der Waals surface area contributed by atoms with Crippen molar-refractivity contribution in [3.8, 4) is 0 Å². The highest BCUT2D eigenvalue weighted by molar-refractivity contribution is 14.1. The van der Waals surface area contributed by atoms with Gasteiger partial charge in [-0.3, -0.25) is 4.79 Å². The Morgan fingerprint density at radius 3 is 2.32 bits per heavy atom. The van der Waals surface area contributed by atoms with Gasteiger partial charge in [-0.25, -0.2) is 8.42 Å². The number of hydrogen-bond acceptors (Lipinski definition) is 3. The number of hydrogen-bond donors (Lipinski definition) is 1. The Labute approximate surface area is 161 Å². The molecule has 5 nitrogen and oxygen atoms in total. The minimum atomic E-state index is -3.43. The molecule has 2 aromatic carbocycles. The number of benzene rings is 2. The van der Waals surface area contributed by atoms with Crippen LogP contribution < -0.4 is 5.32 Å². The molecule has 1 saturated heterocycles. The molecule has 0 radical (unpaired) electrons. The van der Waals surface area contributed by atoms with Gasteiger partial charge in [0.1, 0.15) is 0 Å². The van der Waals surface area contributed by atoms with Crippen LogP contribution in [0.4, 0.5) is 5.69 Å². The molecular formula is C18H19IN2O3S. The van der Waals surface area contributed by atoms with E-state index in [1.807, 2.05) is 19.1 Å². The van der Waals surface area contributed by atoms with E-state index in [2.05, 4.69) is 27.9 Å². The maximum absolute atomic E-state index is 12.5. The molecule has 2 aromatic rings. The van der Waals surface area contributed by atoms with Gasteiger partial charge in [0.05, 0.1) is 4.90 Å². The van der Waals surface area contributed by atoms with E-state index in [9.17, 15) is 13.2 Å². The third kappa shape index (κ3) is 4.04. The minimum absolute atomic E-state index is 0.215. The van der Waals surface area contributed by atoms with Crippen molar-refractivity contribution in [3.05, 3.63) is 57.2 Å². The standard InChI is InChI=1S/C18H19IN2O3S/c1-13-4-5-14(12-17(13)19)18(22)20-15-6-8-16(9-7-15)25(23,24)21-10-2-3-11-21/h4-9,12H,2-3,10-11H2,1H3,(H,20,22). The molecule has 1 N–H and O–H groups in total. The number of nitrogens with one attached hydrogen (secondary N) is 1. The molecule has 0 saturated carbocycles. The maximum Gasteiger partial charge on any atom is 0.255 e. The number of carbonyl (C=O) groups excluding carboxylic acids is 1. The Kier molecular flexibility index (Phi) is 5.45. The molecule has 1 heterocycles. The molecule has 3 rings (SSSR count). The number of aryl methyl sites for hydroxylation is 1. The molecule has 7 heteroatoms. The second-order valence-electron chi connectivity index (χ2n) is 6.05. The number of nitrogens with zero attached hydrogens (tertiary/aromatic N) is 1. The number of halogens is 1. The van der Waals surface area contributed by atoms with Gasteiger partial charge >= 0.3 is 0 Å². The summed E-state index contributed by atoms with van der Waals surface area (Å²) in [7, 11) is -3.43. The molecule has 1 fully saturated rings. The van der Waals surface area contributed by atoms with Crippen LogP contribution in [0.2, 0.25) is 0 Å². The molecule has 0 unspecified atom stereocenters. The van der Waals surface area contributed by atoms with E-state index in [-0.39, 0.29) is 10.8 Å². The van der Waals surface area contributed by atoms with Gasteiger partial charge in [0.25, 0.3) is 5.91 Å². The van der Waals surface area contributed by atoms with Crippen molar-refractivity contribution in [2.75, 3.05) is 18.4 Å². The van der Waals surface area contributed by atoms with Crippen LogP contribution in [0, 0.1) is 10.5 Å². The van der Waals surface area contributed by atoms with Crippen LogP contribution in [0.1, 0.15) is 28.8 Å². The summed E-state index contributed by atoms with van der Waals surface area (Å²) in [4.78, 5) is 12.6. The van der Waals surface area contributed by atoms with E-state index in [1.54, 1.807) is 30.3 Å². The van der Waals surface area contributed by atoms with Gasteiger partial charge in [-0.1, -0.05) is 6.07 Å². The summed E-state index contributed by atoms with van der Waals surface area (Å²) in [6.45, 7) is 3.14. The van der Waals surface area contributed by atoms with Gasteiger partial charge < -0.3 is 5.32 Å². The highest BCUT2D eigenvalue weighted by Gasteiger charge is 2.26. The van der Waals surface area contributed by atoms with Gasteiger partial charge in [0, 0.05) is 27.9 Å². The second-order valence-corrected chi connectivity index (χ2v) is 9.15. The molecule has 0 spiro atoms. The van der Waals surface area contributed by atoms with E-state index in [0.29, 0.717) is 24.3 Å². The summed E-state index contributed by atoms with van der Waals surface area (Å²) in [6, 6.07) is 11.9. The normalized spacial score (nSPS) is 15.3. The Morgan fingerprint density at radius 2 is 1.72 bits per heavy atom. The quantitative estimate of drug-likeness (QED) is 0.695. The molecule has 25 heavy (non-hydrogen) atoms. The summed E-state index contributed by atoms with van der Waals surface area (Å²) < 4.78 is 27.5. The first kappa shape index (κ1) is 18.3. The lowest BCUT2D eigenvalue weighted by Gasteiger charge is -2.15. The van der Waals surface area contributed by atoms with E-state index < -0.39 is 10.0 Å². The van der Waals surface area contributed by atoms with Crippen molar-refractivity contribution in [1.82, 2.24) is 4.31 Å². The molecule has 132 valence electrons. The largest absolute Gasteiger partial charge is 0.322 e. The lowest BCUT2D eigenvalue weighted by atomic mass is 10.1. The van der Waals surface area contributed by atoms with Gasteiger partial charge in [-0.15, -0.1) is 0 Å². The molecule has 1 aliphatic heterocycles. The Hall–Kier alpha value is -1.45. The maximum atomic E-state index is 12.5. The number of sulfonamides is 1. The van der Waals surface area contributed by atoms with Crippen LogP contribution in [0.15, 0.2) is 47.4 Å². The zero-order valence-electron chi connectivity index (χ0n) is 13.8. The highest BCUT2D eigenvalue weighted by Crippen LogP contribution is 2.22. The van der Waals surface area contributed by atoms with Gasteiger partial charge in [0.2, 0.25) is 10.0 Å². The van der Waals surface area contributed by atoms with Crippen LogP contribution in [0.3, 0.4) is 0 Å². The highest BCUT2D eigenvalue weighted by atomic mass is 127. The summed E-state index contributed by atoms with van der Waals surface area (Å²) in [5.74, 6) is -0.215. The van der Waals surface area contributed by atoms with E-state index >= 15 is 0 Å². The average Bonchev–Trinajstić information content (AvgIpc) is 3.13. The van der Waals surface area contributed by atoms with E-state index in [1.165, 1.54) is 4.31 Å². The van der Waals surface area contributed by atoms with Crippen LogP contribution >= 0.6 is 22.6 Å². The zero-order valence-corrected chi connectivity index (χ0v) is 16.8. The van der Waals surface area contributed by atoms with E-state index in [0.717, 1.165) is 22.0 Å². The lowest BCUT2D eigenvalue weighted by molar-refractivity contribution is 0.102. The van der Waals surface area contributed by atoms with Crippen molar-refractivity contribution < 1.29 is 13.2 Å². The number of carbonyl (C=O) groups is 1. The van der Waals surface area contributed by atoms with Gasteiger partial charge in [-0.2, -0.15) is 4.31 Å². The number of rotatable bonds is 4. The molecular weight excluding hydrogens is 451 g/mol. The van der Waals surface area contributed by atoms with Crippen LogP contribution in [-0.4, -0.2) is 31.7 Å². The minimum Gasteiger partial charge on any atom is -0.322 e. The van der Waals surface area contributed by atoms with Gasteiger partial charge in [-0.05, 0) is 84.3 Å². The predicted molar refractivity (Wildman–Crippen MR) is 106 cm³/mol. The van der Waals surface area contributed by atoms with Crippen LogP contribution in [0.25, 0.3) is 0 Å². The molecule has 0 bridgehead atoms. The third-order valence-electron chi connectivity index (χ3n) is 4.25. The SMILES string of the molecule is Cc1ccc(C(=O)Nc2ccc(S(=O)(=O)N3CCCC3)cc2)cc1I. The predicted octanol–water partition coefficient (Wildman–Crippen LogP) is 3.64. The number of anilines is 1. The first-order valence-electron chi connectivity index (χ1n) is 8.05. The third-order valence-corrected chi connectivity index (χ3v) is 7.32. The summed E-state index contributed by atoms with van der Waals surface area (Å²) in [6.07, 6.45) is 1.81. The topological polar surface area (TPSA) is 66.5 Å². The first-order chi connectivity index (χ1) is 11.9. The second kappa shape index (κ2) is 7.43. The Morgan fingerprint density at radius 1 is 1.08 bits per heavy atom. The lowest BCUT2D eigenvalue weighted by Crippen LogP contribution is -2.27. The van der Waals surface area contributed by atoms with Crippen molar-refractivity contribution in [2.45, 2.75) is 24.7 Å². The average molecular weight is 470 g/mol. The van der Waals surface area contributed by atoms with Crippen LogP contribution in [0.5, 0.6) is 0 Å². The van der Waals surface area contributed by atoms with Crippen LogP contribution in [-0.2, 0) is 10.0 Å². The molecule has 0 aliphatic carbocycles. The zero-order chi connectivity index (χ0) is 18.0. The Bertz CT molecular complexity index is 889. The summed E-state index contributed by atoms with van der Waals surface area (Å²) in [5, 5.41) is 2.80. The molecule has 0 atom stereocenters. The van der Waals surface area contributed by atoms with Gasteiger partial charge in [0.15, 0.2) is 0 Å². The van der Waals surface area contributed by atoms with Crippen molar-refractivity contribution in [3.63, 3.8) is 0 Å². The molecule has 0 aromatic heterocycles. The fourth-order valence-electron chi connectivity index (χ4n) is 2.73. The Balaban J connectivity index is 1.74. The van der Waals surface area contributed by atoms with Crippen molar-refractivity contribution in [2.24, 2.45) is 0 Å². The van der Waals surface area contributed by atoms with Crippen molar-refractivity contribution >= 4 is 44.2 Å². The monoisotopic (exact) mass is 470 g/mol. The number of amides is 1. The van der Waals surface area contributed by atoms with Crippen molar-refractivity contribution in [1.29, 1.82) is 0 Å². The molecule has 1 amide bonds. The first-order valence-corrected chi connectivity index (χ1v) is 10.6. The van der Waals surface area contributed by atoms with E-state index in [4.69, 9.17) is 0 Å². The molecule has 1 aliphatic rings. The fourth-order valence-corrected chi connectivity index (χ4v) is 4.76.